The van der Waals surface area contributed by atoms with Crippen LogP contribution in [0.3, 0.4) is 0 Å². The van der Waals surface area contributed by atoms with Crippen molar-refractivity contribution in [3.63, 3.8) is 0 Å². The SMILES string of the molecule is C=C[C@H](CC(=O)O)OC(C)=O. The molecule has 4 nitrogen and oxygen atoms in total. The first kappa shape index (κ1) is 9.68. The van der Waals surface area contributed by atoms with Gasteiger partial charge in [-0.15, -0.1) is 0 Å². The van der Waals surface area contributed by atoms with Crippen molar-refractivity contribution in [1.82, 2.24) is 0 Å². The Labute approximate surface area is 64.5 Å². The quantitative estimate of drug-likeness (QED) is 0.480. The van der Waals surface area contributed by atoms with E-state index in [1.54, 1.807) is 0 Å². The average molecular weight is 158 g/mol. The molecular weight excluding hydrogens is 148 g/mol. The number of carbonyl (C=O) groups is 2. The van der Waals surface area contributed by atoms with E-state index in [-0.39, 0.29) is 6.42 Å². The van der Waals surface area contributed by atoms with Crippen LogP contribution in [0.5, 0.6) is 0 Å². The van der Waals surface area contributed by atoms with Gasteiger partial charge in [0.05, 0.1) is 6.42 Å². The maximum absolute atomic E-state index is 10.3. The lowest BCUT2D eigenvalue weighted by Gasteiger charge is -2.08. The Kier molecular flexibility index (Phi) is 3.95. The molecule has 0 unspecified atom stereocenters. The number of ether oxygens (including phenoxy) is 1. The minimum absolute atomic E-state index is 0.233. The number of carboxylic acids is 1. The highest BCUT2D eigenvalue weighted by molar-refractivity contribution is 5.70. The molecule has 1 atom stereocenters. The zero-order valence-electron chi connectivity index (χ0n) is 6.24. The van der Waals surface area contributed by atoms with E-state index in [9.17, 15) is 9.59 Å². The minimum atomic E-state index is -1.02. The Balaban J connectivity index is 3.85. The predicted octanol–water partition coefficient (Wildman–Crippen LogP) is 0.579. The summed E-state index contributed by atoms with van der Waals surface area (Å²) in [6, 6.07) is 0. The van der Waals surface area contributed by atoms with Crippen LogP contribution in [0.25, 0.3) is 0 Å². The minimum Gasteiger partial charge on any atom is -0.481 e. The second-order valence-corrected chi connectivity index (χ2v) is 1.98. The van der Waals surface area contributed by atoms with Gasteiger partial charge in [0.2, 0.25) is 0 Å². The summed E-state index contributed by atoms with van der Waals surface area (Å²) in [5, 5.41) is 8.29. The predicted molar refractivity (Wildman–Crippen MR) is 38.0 cm³/mol. The standard InChI is InChI=1S/C7H10O4/c1-3-6(4-7(9)10)11-5(2)8/h3,6H,1,4H2,2H3,(H,9,10)/t6-/m1/s1. The van der Waals surface area contributed by atoms with Gasteiger partial charge < -0.3 is 9.84 Å². The van der Waals surface area contributed by atoms with Crippen molar-refractivity contribution < 1.29 is 19.4 Å². The zero-order chi connectivity index (χ0) is 8.85. The second-order valence-electron chi connectivity index (χ2n) is 1.98. The monoisotopic (exact) mass is 158 g/mol. The van der Waals surface area contributed by atoms with Crippen LogP contribution in [-0.4, -0.2) is 23.1 Å². The molecule has 0 bridgehead atoms. The van der Waals surface area contributed by atoms with E-state index in [0.717, 1.165) is 0 Å². The topological polar surface area (TPSA) is 63.6 Å². The van der Waals surface area contributed by atoms with Gasteiger partial charge in [-0.3, -0.25) is 9.59 Å². The Morgan fingerprint density at radius 3 is 2.55 bits per heavy atom. The summed E-state index contributed by atoms with van der Waals surface area (Å²) >= 11 is 0. The number of rotatable bonds is 4. The molecule has 11 heavy (non-hydrogen) atoms. The molecule has 62 valence electrons. The van der Waals surface area contributed by atoms with Gasteiger partial charge in [0, 0.05) is 6.92 Å². The maximum Gasteiger partial charge on any atom is 0.307 e. The molecule has 0 aromatic carbocycles. The van der Waals surface area contributed by atoms with Crippen molar-refractivity contribution in [2.45, 2.75) is 19.4 Å². The average Bonchev–Trinajstić information content (AvgIpc) is 1.84. The molecular formula is C7H10O4. The Hall–Kier alpha value is -1.32. The summed E-state index contributed by atoms with van der Waals surface area (Å²) in [5.41, 5.74) is 0. The van der Waals surface area contributed by atoms with Gasteiger partial charge in [0.25, 0.3) is 0 Å². The van der Waals surface area contributed by atoms with Gasteiger partial charge in [-0.05, 0) is 0 Å². The molecule has 4 heteroatoms. The first-order chi connectivity index (χ1) is 5.06. The molecule has 0 spiro atoms. The number of carbonyl (C=O) groups excluding carboxylic acids is 1. The molecule has 0 saturated heterocycles. The Morgan fingerprint density at radius 2 is 2.27 bits per heavy atom. The van der Waals surface area contributed by atoms with E-state index in [4.69, 9.17) is 5.11 Å². The van der Waals surface area contributed by atoms with Gasteiger partial charge >= 0.3 is 11.9 Å². The zero-order valence-corrected chi connectivity index (χ0v) is 6.24. The Morgan fingerprint density at radius 1 is 1.73 bits per heavy atom. The summed E-state index contributed by atoms with van der Waals surface area (Å²) in [6.07, 6.45) is 0.337. The maximum atomic E-state index is 10.3. The van der Waals surface area contributed by atoms with Gasteiger partial charge in [-0.1, -0.05) is 12.7 Å². The van der Waals surface area contributed by atoms with Crippen LogP contribution in [0.1, 0.15) is 13.3 Å². The number of hydrogen-bond donors (Lipinski definition) is 1. The van der Waals surface area contributed by atoms with Gasteiger partial charge in [0.15, 0.2) is 0 Å². The normalized spacial score (nSPS) is 11.7. The molecule has 0 aliphatic heterocycles. The van der Waals surface area contributed by atoms with E-state index < -0.39 is 18.0 Å². The largest absolute Gasteiger partial charge is 0.481 e. The summed E-state index contributed by atoms with van der Waals surface area (Å²) in [6.45, 7) is 4.55. The fourth-order valence-corrected chi connectivity index (χ4v) is 0.558. The summed E-state index contributed by atoms with van der Waals surface area (Å²) < 4.78 is 4.57. The first-order valence-electron chi connectivity index (χ1n) is 3.08. The van der Waals surface area contributed by atoms with E-state index in [1.165, 1.54) is 13.0 Å². The van der Waals surface area contributed by atoms with E-state index in [2.05, 4.69) is 11.3 Å². The van der Waals surface area contributed by atoms with Crippen LogP contribution in [0.4, 0.5) is 0 Å². The van der Waals surface area contributed by atoms with Crippen molar-refractivity contribution in [1.29, 1.82) is 0 Å². The third-order valence-corrected chi connectivity index (χ3v) is 0.956. The van der Waals surface area contributed by atoms with Crippen LogP contribution in [0.2, 0.25) is 0 Å². The molecule has 1 N–H and O–H groups in total. The van der Waals surface area contributed by atoms with Crippen molar-refractivity contribution in [2.24, 2.45) is 0 Å². The number of aliphatic carboxylic acids is 1. The fraction of sp³-hybridized carbons (Fsp3) is 0.429. The third kappa shape index (κ3) is 5.14. The van der Waals surface area contributed by atoms with E-state index >= 15 is 0 Å². The van der Waals surface area contributed by atoms with Crippen LogP contribution < -0.4 is 0 Å². The lowest BCUT2D eigenvalue weighted by atomic mass is 10.2. The van der Waals surface area contributed by atoms with Crippen molar-refractivity contribution in [3.8, 4) is 0 Å². The molecule has 0 fully saturated rings. The highest BCUT2D eigenvalue weighted by Gasteiger charge is 2.11. The van der Waals surface area contributed by atoms with Crippen molar-refractivity contribution >= 4 is 11.9 Å². The highest BCUT2D eigenvalue weighted by atomic mass is 16.5. The third-order valence-electron chi connectivity index (χ3n) is 0.956. The number of hydrogen-bond acceptors (Lipinski definition) is 3. The lowest BCUT2D eigenvalue weighted by Crippen LogP contribution is -2.17. The smallest absolute Gasteiger partial charge is 0.307 e. The summed E-state index contributed by atoms with van der Waals surface area (Å²) in [4.78, 5) is 20.4. The first-order valence-corrected chi connectivity index (χ1v) is 3.08. The van der Waals surface area contributed by atoms with Crippen molar-refractivity contribution in [2.75, 3.05) is 0 Å². The van der Waals surface area contributed by atoms with Crippen LogP contribution >= 0.6 is 0 Å². The molecule has 0 aromatic heterocycles. The number of esters is 1. The van der Waals surface area contributed by atoms with Crippen LogP contribution in [0, 0.1) is 0 Å². The summed E-state index contributed by atoms with van der Waals surface area (Å²) in [7, 11) is 0. The molecule has 0 aliphatic carbocycles. The van der Waals surface area contributed by atoms with Gasteiger partial charge in [-0.25, -0.2) is 0 Å². The molecule has 0 saturated carbocycles. The van der Waals surface area contributed by atoms with E-state index in [1.807, 2.05) is 0 Å². The van der Waals surface area contributed by atoms with Gasteiger partial charge in [-0.2, -0.15) is 0 Å². The van der Waals surface area contributed by atoms with Gasteiger partial charge in [0.1, 0.15) is 6.10 Å². The molecule has 0 heterocycles. The second kappa shape index (κ2) is 4.49. The van der Waals surface area contributed by atoms with Crippen molar-refractivity contribution in [3.05, 3.63) is 12.7 Å². The van der Waals surface area contributed by atoms with Crippen LogP contribution in [-0.2, 0) is 14.3 Å². The van der Waals surface area contributed by atoms with Crippen LogP contribution in [0.15, 0.2) is 12.7 Å². The molecule has 0 radical (unpaired) electrons. The molecule has 0 aliphatic rings. The Bertz CT molecular complexity index is 157. The molecule has 0 rings (SSSR count). The number of carboxylic acid groups (broad SMARTS) is 1. The van der Waals surface area contributed by atoms with E-state index in [0.29, 0.717) is 0 Å². The molecule has 0 amide bonds. The molecule has 0 aromatic rings. The highest BCUT2D eigenvalue weighted by Crippen LogP contribution is 1.99. The lowest BCUT2D eigenvalue weighted by molar-refractivity contribution is -0.148. The fourth-order valence-electron chi connectivity index (χ4n) is 0.558. The summed E-state index contributed by atoms with van der Waals surface area (Å²) in [5.74, 6) is -1.52.